The zero-order chi connectivity index (χ0) is 14.7. The molecule has 5 nitrogen and oxygen atoms in total. The van der Waals surface area contributed by atoms with Gasteiger partial charge in [0.15, 0.2) is 0 Å². The Labute approximate surface area is 125 Å². The summed E-state index contributed by atoms with van der Waals surface area (Å²) in [5, 5.41) is 3.39. The minimum absolute atomic E-state index is 0.265. The highest BCUT2D eigenvalue weighted by atomic mass is 16.5. The molecule has 0 aromatic heterocycles. The Morgan fingerprint density at radius 2 is 2.10 bits per heavy atom. The normalized spacial score (nSPS) is 21.0. The Kier molecular flexibility index (Phi) is 4.53. The Morgan fingerprint density at radius 3 is 2.81 bits per heavy atom. The minimum Gasteiger partial charge on any atom is -0.465 e. The fraction of sp³-hybridized carbons (Fsp3) is 0.562. The molecular formula is C16H23N3O2. The number of piperazine rings is 1. The van der Waals surface area contributed by atoms with Crippen LogP contribution >= 0.6 is 0 Å². The smallest absolute Gasteiger partial charge is 0.337 e. The molecule has 0 saturated carbocycles. The molecule has 1 aromatic rings. The molecule has 3 rings (SSSR count). The van der Waals surface area contributed by atoms with Gasteiger partial charge in [-0.2, -0.15) is 0 Å². The number of nitrogens with zero attached hydrogens (tertiary/aromatic N) is 2. The lowest BCUT2D eigenvalue weighted by atomic mass is 10.0. The summed E-state index contributed by atoms with van der Waals surface area (Å²) in [6.07, 6.45) is 0. The summed E-state index contributed by atoms with van der Waals surface area (Å²) in [4.78, 5) is 16.6. The van der Waals surface area contributed by atoms with Crippen molar-refractivity contribution in [3.8, 4) is 0 Å². The maximum atomic E-state index is 11.5. The first-order valence-corrected chi connectivity index (χ1v) is 7.60. The van der Waals surface area contributed by atoms with Gasteiger partial charge in [0, 0.05) is 51.9 Å². The van der Waals surface area contributed by atoms with Crippen molar-refractivity contribution >= 4 is 5.97 Å². The molecule has 0 spiro atoms. The maximum Gasteiger partial charge on any atom is 0.337 e. The number of carbonyl (C=O) groups is 1. The van der Waals surface area contributed by atoms with E-state index in [-0.39, 0.29) is 5.97 Å². The maximum absolute atomic E-state index is 11.5. The summed E-state index contributed by atoms with van der Waals surface area (Å²) in [5.41, 5.74) is 1.81. The average Bonchev–Trinajstić information content (AvgIpc) is 2.51. The van der Waals surface area contributed by atoms with Crippen LogP contribution in [-0.2, 0) is 11.3 Å². The van der Waals surface area contributed by atoms with E-state index in [2.05, 4.69) is 21.2 Å². The number of ether oxygens (including phenoxy) is 1. The van der Waals surface area contributed by atoms with Gasteiger partial charge in [-0.1, -0.05) is 12.1 Å². The molecule has 5 heteroatoms. The number of rotatable bonds is 4. The van der Waals surface area contributed by atoms with Crippen LogP contribution in [0.5, 0.6) is 0 Å². The van der Waals surface area contributed by atoms with E-state index in [0.29, 0.717) is 11.6 Å². The van der Waals surface area contributed by atoms with E-state index in [9.17, 15) is 4.79 Å². The van der Waals surface area contributed by atoms with Gasteiger partial charge >= 0.3 is 5.97 Å². The largest absolute Gasteiger partial charge is 0.465 e. The number of esters is 1. The molecule has 0 aliphatic carbocycles. The number of benzene rings is 1. The molecular weight excluding hydrogens is 266 g/mol. The van der Waals surface area contributed by atoms with Crippen LogP contribution in [0.25, 0.3) is 0 Å². The van der Waals surface area contributed by atoms with Crippen LogP contribution in [0.15, 0.2) is 24.3 Å². The molecule has 0 radical (unpaired) electrons. The van der Waals surface area contributed by atoms with Gasteiger partial charge in [0.2, 0.25) is 0 Å². The molecule has 0 atom stereocenters. The van der Waals surface area contributed by atoms with Gasteiger partial charge in [-0.3, -0.25) is 9.80 Å². The van der Waals surface area contributed by atoms with E-state index in [1.807, 2.05) is 12.1 Å². The molecule has 1 aromatic carbocycles. The molecule has 1 N–H and O–H groups in total. The van der Waals surface area contributed by atoms with E-state index in [1.165, 1.54) is 12.7 Å². The molecule has 0 bridgehead atoms. The SMILES string of the molecule is COC(=O)c1cccc(CN2CC(N3CCNCC3)C2)c1. The number of carbonyl (C=O) groups excluding carboxylic acids is 1. The van der Waals surface area contributed by atoms with Crippen molar-refractivity contribution in [1.29, 1.82) is 0 Å². The second-order valence-corrected chi connectivity index (χ2v) is 5.83. The van der Waals surface area contributed by atoms with Crippen molar-refractivity contribution in [1.82, 2.24) is 15.1 Å². The standard InChI is InChI=1S/C16H23N3O2/c1-21-16(20)14-4-2-3-13(9-14)10-18-11-15(12-18)19-7-5-17-6-8-19/h2-4,9,15,17H,5-8,10-12H2,1H3. The van der Waals surface area contributed by atoms with Crippen molar-refractivity contribution in [2.75, 3.05) is 46.4 Å². The minimum atomic E-state index is -0.265. The first-order chi connectivity index (χ1) is 10.3. The second-order valence-electron chi connectivity index (χ2n) is 5.83. The molecule has 2 saturated heterocycles. The van der Waals surface area contributed by atoms with Crippen LogP contribution in [0.4, 0.5) is 0 Å². The third-order valence-corrected chi connectivity index (χ3v) is 4.36. The highest BCUT2D eigenvalue weighted by molar-refractivity contribution is 5.89. The van der Waals surface area contributed by atoms with E-state index >= 15 is 0 Å². The summed E-state index contributed by atoms with van der Waals surface area (Å²) in [5.74, 6) is -0.265. The van der Waals surface area contributed by atoms with Crippen LogP contribution < -0.4 is 5.32 Å². The van der Waals surface area contributed by atoms with Crippen LogP contribution in [0.1, 0.15) is 15.9 Å². The molecule has 0 unspecified atom stereocenters. The molecule has 2 aliphatic heterocycles. The lowest BCUT2D eigenvalue weighted by Gasteiger charge is -2.47. The Hall–Kier alpha value is -1.43. The second kappa shape index (κ2) is 6.56. The zero-order valence-electron chi connectivity index (χ0n) is 12.5. The van der Waals surface area contributed by atoms with Crippen molar-refractivity contribution in [3.05, 3.63) is 35.4 Å². The summed E-state index contributed by atoms with van der Waals surface area (Å²) >= 11 is 0. The van der Waals surface area contributed by atoms with Gasteiger partial charge in [-0.25, -0.2) is 4.79 Å². The summed E-state index contributed by atoms with van der Waals surface area (Å²) in [7, 11) is 1.42. The van der Waals surface area contributed by atoms with Crippen molar-refractivity contribution < 1.29 is 9.53 Å². The molecule has 21 heavy (non-hydrogen) atoms. The Balaban J connectivity index is 1.51. The van der Waals surface area contributed by atoms with Crippen LogP contribution in [0.3, 0.4) is 0 Å². The summed E-state index contributed by atoms with van der Waals surface area (Å²) < 4.78 is 4.77. The van der Waals surface area contributed by atoms with E-state index in [1.54, 1.807) is 6.07 Å². The third kappa shape index (κ3) is 3.43. The van der Waals surface area contributed by atoms with Crippen molar-refractivity contribution in [2.24, 2.45) is 0 Å². The third-order valence-electron chi connectivity index (χ3n) is 4.36. The lowest BCUT2D eigenvalue weighted by Crippen LogP contribution is -2.62. The van der Waals surface area contributed by atoms with Crippen LogP contribution in [-0.4, -0.2) is 68.2 Å². The van der Waals surface area contributed by atoms with Gasteiger partial charge in [0.1, 0.15) is 0 Å². The van der Waals surface area contributed by atoms with Crippen molar-refractivity contribution in [2.45, 2.75) is 12.6 Å². The fourth-order valence-corrected chi connectivity index (χ4v) is 3.12. The Bertz CT molecular complexity index is 494. The first kappa shape index (κ1) is 14.5. The number of methoxy groups -OCH3 is 1. The van der Waals surface area contributed by atoms with Crippen LogP contribution in [0.2, 0.25) is 0 Å². The fourth-order valence-electron chi connectivity index (χ4n) is 3.12. The molecule has 2 heterocycles. The molecule has 2 fully saturated rings. The number of hydrogen-bond acceptors (Lipinski definition) is 5. The number of likely N-dealkylation sites (tertiary alicyclic amines) is 1. The van der Waals surface area contributed by atoms with Gasteiger partial charge in [0.05, 0.1) is 12.7 Å². The first-order valence-electron chi connectivity index (χ1n) is 7.60. The highest BCUT2D eigenvalue weighted by Crippen LogP contribution is 2.19. The predicted molar refractivity (Wildman–Crippen MR) is 81.3 cm³/mol. The summed E-state index contributed by atoms with van der Waals surface area (Å²) in [6, 6.07) is 8.44. The van der Waals surface area contributed by atoms with Crippen molar-refractivity contribution in [3.63, 3.8) is 0 Å². The van der Waals surface area contributed by atoms with Gasteiger partial charge in [-0.15, -0.1) is 0 Å². The predicted octanol–water partition coefficient (Wildman–Crippen LogP) is 0.563. The molecule has 0 amide bonds. The Morgan fingerprint density at radius 1 is 1.33 bits per heavy atom. The average molecular weight is 289 g/mol. The number of nitrogens with one attached hydrogen (secondary N) is 1. The van der Waals surface area contributed by atoms with Gasteiger partial charge in [-0.05, 0) is 17.7 Å². The lowest BCUT2D eigenvalue weighted by molar-refractivity contribution is 0.0223. The molecule has 2 aliphatic rings. The monoisotopic (exact) mass is 289 g/mol. The van der Waals surface area contributed by atoms with E-state index in [0.717, 1.165) is 45.8 Å². The summed E-state index contributed by atoms with van der Waals surface area (Å²) in [6.45, 7) is 7.71. The van der Waals surface area contributed by atoms with Gasteiger partial charge in [0.25, 0.3) is 0 Å². The highest BCUT2D eigenvalue weighted by Gasteiger charge is 2.32. The quantitative estimate of drug-likeness (QED) is 0.821. The zero-order valence-corrected chi connectivity index (χ0v) is 12.5. The van der Waals surface area contributed by atoms with E-state index in [4.69, 9.17) is 4.74 Å². The topological polar surface area (TPSA) is 44.8 Å². The number of hydrogen-bond donors (Lipinski definition) is 1. The van der Waals surface area contributed by atoms with E-state index < -0.39 is 0 Å². The van der Waals surface area contributed by atoms with Crippen LogP contribution in [0, 0.1) is 0 Å². The molecule has 114 valence electrons. The van der Waals surface area contributed by atoms with Gasteiger partial charge < -0.3 is 10.1 Å².